The van der Waals surface area contributed by atoms with Crippen LogP contribution >= 0.6 is 15.9 Å². The Balaban J connectivity index is 1.61. The maximum absolute atomic E-state index is 13.4. The van der Waals surface area contributed by atoms with E-state index in [0.717, 1.165) is 21.8 Å². The first kappa shape index (κ1) is 19.5. The van der Waals surface area contributed by atoms with Crippen LogP contribution in [0.5, 0.6) is 5.75 Å². The second-order valence-electron chi connectivity index (χ2n) is 7.64. The standard InChI is InChI=1S/C23H22BrN3O2/c1-14(2)22(29-20-9-4-3-6-15(20)12-25)23(28)27-11-10-19-17(13-27)16-7-5-8-18(24)21(16)26-19/h3-9,14,22,26H,10-11,13H2,1-2H3. The van der Waals surface area contributed by atoms with Gasteiger partial charge in [0.1, 0.15) is 11.8 Å². The summed E-state index contributed by atoms with van der Waals surface area (Å²) in [5, 5.41) is 10.5. The van der Waals surface area contributed by atoms with Crippen molar-refractivity contribution in [3.63, 3.8) is 0 Å². The maximum atomic E-state index is 13.4. The van der Waals surface area contributed by atoms with Crippen molar-refractivity contribution in [3.8, 4) is 11.8 Å². The summed E-state index contributed by atoms with van der Waals surface area (Å²) in [6.45, 7) is 5.13. The predicted octanol–water partition coefficient (Wildman–Crippen LogP) is 4.79. The Bertz CT molecular complexity index is 1110. The minimum atomic E-state index is -0.636. The number of para-hydroxylation sites is 2. The minimum Gasteiger partial charge on any atom is -0.479 e. The summed E-state index contributed by atoms with van der Waals surface area (Å²) >= 11 is 3.60. The minimum absolute atomic E-state index is 0.0206. The van der Waals surface area contributed by atoms with E-state index >= 15 is 0 Å². The molecule has 1 atom stereocenters. The highest BCUT2D eigenvalue weighted by atomic mass is 79.9. The fourth-order valence-corrected chi connectivity index (χ4v) is 4.31. The number of carbonyl (C=O) groups is 1. The van der Waals surface area contributed by atoms with E-state index in [0.29, 0.717) is 24.4 Å². The molecule has 0 saturated heterocycles. The van der Waals surface area contributed by atoms with Crippen molar-refractivity contribution in [1.29, 1.82) is 5.26 Å². The van der Waals surface area contributed by atoms with Gasteiger partial charge in [-0.05, 0) is 40.0 Å². The molecule has 1 aromatic heterocycles. The molecule has 0 radical (unpaired) electrons. The maximum Gasteiger partial charge on any atom is 0.264 e. The van der Waals surface area contributed by atoms with Gasteiger partial charge in [0.25, 0.3) is 5.91 Å². The molecule has 1 amide bonds. The zero-order valence-corrected chi connectivity index (χ0v) is 18.0. The Morgan fingerprint density at radius 3 is 2.79 bits per heavy atom. The first-order chi connectivity index (χ1) is 14.0. The van der Waals surface area contributed by atoms with Gasteiger partial charge >= 0.3 is 0 Å². The van der Waals surface area contributed by atoms with E-state index in [1.165, 1.54) is 11.3 Å². The van der Waals surface area contributed by atoms with Crippen molar-refractivity contribution in [1.82, 2.24) is 9.88 Å². The van der Waals surface area contributed by atoms with E-state index < -0.39 is 6.10 Å². The number of aromatic amines is 1. The van der Waals surface area contributed by atoms with E-state index in [1.54, 1.807) is 18.2 Å². The van der Waals surface area contributed by atoms with E-state index in [2.05, 4.69) is 33.0 Å². The van der Waals surface area contributed by atoms with E-state index in [1.807, 2.05) is 36.9 Å². The molecule has 1 aliphatic rings. The lowest BCUT2D eigenvalue weighted by Crippen LogP contribution is -2.46. The first-order valence-corrected chi connectivity index (χ1v) is 10.5. The van der Waals surface area contributed by atoms with Crippen molar-refractivity contribution in [3.05, 3.63) is 63.8 Å². The average molecular weight is 452 g/mol. The monoisotopic (exact) mass is 451 g/mol. The quantitative estimate of drug-likeness (QED) is 0.619. The highest BCUT2D eigenvalue weighted by Crippen LogP contribution is 2.32. The molecule has 0 aliphatic carbocycles. The van der Waals surface area contributed by atoms with Gasteiger partial charge in [0.2, 0.25) is 0 Å². The fraction of sp³-hybridized carbons (Fsp3) is 0.304. The molecule has 0 spiro atoms. The SMILES string of the molecule is CC(C)C(Oc1ccccc1C#N)C(=O)N1CCc2[nH]c3c(Br)cccc3c2C1. The van der Waals surface area contributed by atoms with Gasteiger partial charge in [-0.15, -0.1) is 0 Å². The van der Waals surface area contributed by atoms with Crippen LogP contribution in [-0.2, 0) is 17.8 Å². The molecule has 1 unspecified atom stereocenters. The largest absolute Gasteiger partial charge is 0.479 e. The van der Waals surface area contributed by atoms with Crippen LogP contribution in [0.3, 0.4) is 0 Å². The van der Waals surface area contributed by atoms with Gasteiger partial charge in [-0.25, -0.2) is 0 Å². The Morgan fingerprint density at radius 2 is 2.03 bits per heavy atom. The molecular weight excluding hydrogens is 430 g/mol. The number of carbonyl (C=O) groups excluding carboxylic acids is 1. The van der Waals surface area contributed by atoms with Crippen LogP contribution in [0.4, 0.5) is 0 Å². The first-order valence-electron chi connectivity index (χ1n) is 9.72. The van der Waals surface area contributed by atoms with Crippen molar-refractivity contribution >= 4 is 32.7 Å². The summed E-state index contributed by atoms with van der Waals surface area (Å²) in [6.07, 6.45) is 0.143. The second-order valence-corrected chi connectivity index (χ2v) is 8.50. The number of ether oxygens (including phenoxy) is 1. The molecule has 1 N–H and O–H groups in total. The van der Waals surface area contributed by atoms with Crippen LogP contribution in [0.1, 0.15) is 30.7 Å². The van der Waals surface area contributed by atoms with Gasteiger partial charge in [-0.3, -0.25) is 4.79 Å². The third-order valence-electron chi connectivity index (χ3n) is 5.38. The zero-order valence-electron chi connectivity index (χ0n) is 16.4. The number of hydrogen-bond acceptors (Lipinski definition) is 3. The summed E-state index contributed by atoms with van der Waals surface area (Å²) in [7, 11) is 0. The van der Waals surface area contributed by atoms with Crippen LogP contribution in [-0.4, -0.2) is 28.4 Å². The highest BCUT2D eigenvalue weighted by molar-refractivity contribution is 9.10. The predicted molar refractivity (Wildman–Crippen MR) is 116 cm³/mol. The molecule has 5 nitrogen and oxygen atoms in total. The molecule has 4 rings (SSSR count). The van der Waals surface area contributed by atoms with Crippen LogP contribution < -0.4 is 4.74 Å². The van der Waals surface area contributed by atoms with Crippen molar-refractivity contribution in [2.24, 2.45) is 5.92 Å². The zero-order chi connectivity index (χ0) is 20.5. The van der Waals surface area contributed by atoms with Gasteiger partial charge in [-0.1, -0.05) is 38.1 Å². The van der Waals surface area contributed by atoms with Gasteiger partial charge in [0.05, 0.1) is 11.1 Å². The number of benzene rings is 2. The number of rotatable bonds is 4. The number of nitrogens with zero attached hydrogens (tertiary/aromatic N) is 2. The number of H-pyrrole nitrogens is 1. The summed E-state index contributed by atoms with van der Waals surface area (Å²) < 4.78 is 7.09. The van der Waals surface area contributed by atoms with E-state index in [-0.39, 0.29) is 11.8 Å². The molecule has 3 aromatic rings. The van der Waals surface area contributed by atoms with Gasteiger partial charge < -0.3 is 14.6 Å². The molecule has 0 fully saturated rings. The Kier molecular flexibility index (Phi) is 5.33. The summed E-state index contributed by atoms with van der Waals surface area (Å²) in [6, 6.07) is 15.3. The van der Waals surface area contributed by atoms with Gasteiger partial charge in [0.15, 0.2) is 6.10 Å². The number of hydrogen-bond donors (Lipinski definition) is 1. The van der Waals surface area contributed by atoms with Crippen LogP contribution in [0, 0.1) is 17.2 Å². The van der Waals surface area contributed by atoms with Crippen molar-refractivity contribution < 1.29 is 9.53 Å². The smallest absolute Gasteiger partial charge is 0.264 e. The lowest BCUT2D eigenvalue weighted by atomic mass is 10.0. The summed E-state index contributed by atoms with van der Waals surface area (Å²) in [5.74, 6) is 0.395. The summed E-state index contributed by atoms with van der Waals surface area (Å²) in [4.78, 5) is 18.7. The fourth-order valence-electron chi connectivity index (χ4n) is 3.84. The van der Waals surface area contributed by atoms with E-state index in [9.17, 15) is 10.1 Å². The molecule has 2 heterocycles. The van der Waals surface area contributed by atoms with Crippen molar-refractivity contribution in [2.45, 2.75) is 32.9 Å². The number of nitriles is 1. The molecule has 29 heavy (non-hydrogen) atoms. The molecule has 0 saturated carbocycles. The van der Waals surface area contributed by atoms with Crippen LogP contribution in [0.15, 0.2) is 46.9 Å². The van der Waals surface area contributed by atoms with Gasteiger partial charge in [-0.2, -0.15) is 5.26 Å². The normalized spacial score (nSPS) is 14.5. The molecule has 1 aliphatic heterocycles. The average Bonchev–Trinajstić information content (AvgIpc) is 3.11. The molecule has 148 valence electrons. The number of halogens is 1. The molecular formula is C23H22BrN3O2. The number of fused-ring (bicyclic) bond motifs is 3. The van der Waals surface area contributed by atoms with Gasteiger partial charge in [0, 0.05) is 40.6 Å². The third kappa shape index (κ3) is 3.63. The molecule has 2 aromatic carbocycles. The second kappa shape index (κ2) is 7.92. The third-order valence-corrected chi connectivity index (χ3v) is 6.04. The topological polar surface area (TPSA) is 69.1 Å². The highest BCUT2D eigenvalue weighted by Gasteiger charge is 2.32. The summed E-state index contributed by atoms with van der Waals surface area (Å²) in [5.41, 5.74) is 3.87. The Labute approximate surface area is 178 Å². The lowest BCUT2D eigenvalue weighted by Gasteiger charge is -2.32. The number of amides is 1. The van der Waals surface area contributed by atoms with Crippen LogP contribution in [0.2, 0.25) is 0 Å². The van der Waals surface area contributed by atoms with Crippen LogP contribution in [0.25, 0.3) is 10.9 Å². The number of nitrogens with one attached hydrogen (secondary N) is 1. The Hall–Kier alpha value is -2.78. The lowest BCUT2D eigenvalue weighted by molar-refractivity contribution is -0.141. The Morgan fingerprint density at radius 1 is 1.24 bits per heavy atom. The molecule has 0 bridgehead atoms. The van der Waals surface area contributed by atoms with E-state index in [4.69, 9.17) is 4.74 Å². The molecule has 6 heteroatoms. The van der Waals surface area contributed by atoms with Crippen molar-refractivity contribution in [2.75, 3.05) is 6.54 Å². The number of aromatic nitrogens is 1.